The second-order valence-corrected chi connectivity index (χ2v) is 7.73. The van der Waals surface area contributed by atoms with Gasteiger partial charge in [-0.1, -0.05) is 18.2 Å². The largest absolute Gasteiger partial charge is 0.465 e. The Labute approximate surface area is 171 Å². The Balaban J connectivity index is 1.30. The van der Waals surface area contributed by atoms with E-state index in [4.69, 9.17) is 4.74 Å². The van der Waals surface area contributed by atoms with Gasteiger partial charge in [0.2, 0.25) is 0 Å². The van der Waals surface area contributed by atoms with Gasteiger partial charge in [-0.05, 0) is 29.8 Å². The topological polar surface area (TPSA) is 69.1 Å². The Bertz CT molecular complexity index is 807. The van der Waals surface area contributed by atoms with Crippen LogP contribution >= 0.6 is 0 Å². The first kappa shape index (κ1) is 19.8. The monoisotopic (exact) mass is 396 g/mol. The van der Waals surface area contributed by atoms with Crippen molar-refractivity contribution in [1.29, 1.82) is 0 Å². The number of carbonyl (C=O) groups is 1. The third kappa shape index (κ3) is 4.58. The van der Waals surface area contributed by atoms with Crippen molar-refractivity contribution in [2.45, 2.75) is 18.7 Å². The van der Waals surface area contributed by atoms with Gasteiger partial charge in [0.25, 0.3) is 0 Å². The van der Waals surface area contributed by atoms with Gasteiger partial charge in [-0.2, -0.15) is 0 Å². The number of piperazine rings is 1. The zero-order valence-corrected chi connectivity index (χ0v) is 16.8. The number of aliphatic hydroxyl groups is 1. The second kappa shape index (κ2) is 8.90. The van der Waals surface area contributed by atoms with Crippen LogP contribution in [0.15, 0.2) is 48.7 Å². The molecule has 1 aromatic carbocycles. The van der Waals surface area contributed by atoms with Gasteiger partial charge in [0.15, 0.2) is 0 Å². The Morgan fingerprint density at radius 2 is 1.86 bits per heavy atom. The highest BCUT2D eigenvalue weighted by atomic mass is 16.5. The first-order valence-electron chi connectivity index (χ1n) is 10.1. The van der Waals surface area contributed by atoms with Gasteiger partial charge in [0.05, 0.1) is 18.8 Å². The molecular formula is C22H28N4O3. The van der Waals surface area contributed by atoms with E-state index in [0.29, 0.717) is 12.1 Å². The predicted octanol–water partition coefficient (Wildman–Crippen LogP) is 1.24. The summed E-state index contributed by atoms with van der Waals surface area (Å²) in [6, 6.07) is 13.7. The van der Waals surface area contributed by atoms with Crippen LogP contribution < -0.4 is 4.90 Å². The highest BCUT2D eigenvalue weighted by molar-refractivity contribution is 5.89. The van der Waals surface area contributed by atoms with E-state index in [9.17, 15) is 9.90 Å². The van der Waals surface area contributed by atoms with Gasteiger partial charge in [-0.25, -0.2) is 9.78 Å². The Morgan fingerprint density at radius 1 is 1.10 bits per heavy atom. The molecule has 2 saturated heterocycles. The smallest absolute Gasteiger partial charge is 0.337 e. The average Bonchev–Trinajstić information content (AvgIpc) is 3.14. The summed E-state index contributed by atoms with van der Waals surface area (Å²) in [5.41, 5.74) is 1.69. The molecule has 0 radical (unpaired) electrons. The first-order valence-corrected chi connectivity index (χ1v) is 10.1. The molecule has 154 valence electrons. The number of benzene rings is 1. The number of aliphatic hydroxyl groups excluding tert-OH is 1. The van der Waals surface area contributed by atoms with Crippen LogP contribution in [0.4, 0.5) is 5.82 Å². The van der Waals surface area contributed by atoms with E-state index in [1.807, 2.05) is 36.5 Å². The summed E-state index contributed by atoms with van der Waals surface area (Å²) in [4.78, 5) is 23.0. The molecule has 1 N–H and O–H groups in total. The van der Waals surface area contributed by atoms with Crippen LogP contribution in [0.5, 0.6) is 0 Å². The van der Waals surface area contributed by atoms with E-state index in [-0.39, 0.29) is 18.1 Å². The minimum atomic E-state index is -0.342. The molecule has 2 aliphatic heterocycles. The van der Waals surface area contributed by atoms with Gasteiger partial charge >= 0.3 is 5.97 Å². The highest BCUT2D eigenvalue weighted by Crippen LogP contribution is 2.22. The number of anilines is 1. The van der Waals surface area contributed by atoms with Crippen molar-refractivity contribution < 1.29 is 14.6 Å². The molecule has 4 rings (SSSR count). The molecule has 2 fully saturated rings. The summed E-state index contributed by atoms with van der Waals surface area (Å²) in [7, 11) is 1.39. The lowest BCUT2D eigenvalue weighted by molar-refractivity contribution is 0.0600. The maximum Gasteiger partial charge on any atom is 0.337 e. The van der Waals surface area contributed by atoms with E-state index < -0.39 is 0 Å². The lowest BCUT2D eigenvalue weighted by Gasteiger charge is -2.39. The number of pyridine rings is 1. The molecule has 0 unspecified atom stereocenters. The SMILES string of the molecule is COC(=O)c1ccc(CN2C[C@H](O)[C@@H](N3CCN(c4ccccn4)CC3)C2)cc1. The lowest BCUT2D eigenvalue weighted by Crippen LogP contribution is -2.53. The maximum absolute atomic E-state index is 11.6. The van der Waals surface area contributed by atoms with Gasteiger partial charge < -0.3 is 14.7 Å². The number of rotatable bonds is 5. The minimum absolute atomic E-state index is 0.162. The maximum atomic E-state index is 11.6. The van der Waals surface area contributed by atoms with Crippen molar-refractivity contribution in [2.75, 3.05) is 51.3 Å². The average molecular weight is 396 g/mol. The lowest BCUT2D eigenvalue weighted by atomic mass is 10.1. The number of nitrogens with zero attached hydrogens (tertiary/aromatic N) is 4. The zero-order valence-electron chi connectivity index (χ0n) is 16.8. The molecule has 0 bridgehead atoms. The molecule has 2 aliphatic rings. The molecule has 0 aliphatic carbocycles. The summed E-state index contributed by atoms with van der Waals surface area (Å²) in [5.74, 6) is 0.703. The summed E-state index contributed by atoms with van der Waals surface area (Å²) in [6.07, 6.45) is 1.49. The van der Waals surface area contributed by atoms with E-state index in [1.165, 1.54) is 7.11 Å². The Hall–Kier alpha value is -2.48. The van der Waals surface area contributed by atoms with Crippen LogP contribution in [0, 0.1) is 0 Å². The van der Waals surface area contributed by atoms with Gasteiger partial charge in [0.1, 0.15) is 5.82 Å². The van der Waals surface area contributed by atoms with Crippen LogP contribution in [0.2, 0.25) is 0 Å². The fourth-order valence-corrected chi connectivity index (χ4v) is 4.28. The van der Waals surface area contributed by atoms with Gasteiger partial charge in [-0.15, -0.1) is 0 Å². The number of aromatic nitrogens is 1. The van der Waals surface area contributed by atoms with Gasteiger partial charge in [-0.3, -0.25) is 9.80 Å². The number of β-amino-alcohol motifs (C(OH)–C–C–N with tert-alkyl or cyclic N) is 1. The second-order valence-electron chi connectivity index (χ2n) is 7.73. The van der Waals surface area contributed by atoms with Crippen LogP contribution in [0.1, 0.15) is 15.9 Å². The Kier molecular flexibility index (Phi) is 6.08. The standard InChI is InChI=1S/C22H28N4O3/c1-29-22(28)18-7-5-17(6-8-18)14-24-15-19(20(27)16-24)25-10-12-26(13-11-25)21-4-2-3-9-23-21/h2-9,19-20,27H,10-16H2,1H3/t19-,20-/m0/s1. The van der Waals surface area contributed by atoms with Gasteiger partial charge in [0, 0.05) is 58.1 Å². The molecule has 0 amide bonds. The van der Waals surface area contributed by atoms with Crippen molar-refractivity contribution in [3.05, 3.63) is 59.8 Å². The Morgan fingerprint density at radius 3 is 2.52 bits per heavy atom. The number of ether oxygens (including phenoxy) is 1. The molecule has 0 spiro atoms. The van der Waals surface area contributed by atoms with Crippen molar-refractivity contribution in [2.24, 2.45) is 0 Å². The van der Waals surface area contributed by atoms with E-state index >= 15 is 0 Å². The number of likely N-dealkylation sites (tertiary alicyclic amines) is 1. The number of carbonyl (C=O) groups excluding carboxylic acids is 1. The molecule has 3 heterocycles. The molecule has 29 heavy (non-hydrogen) atoms. The normalized spacial score (nSPS) is 23.3. The molecular weight excluding hydrogens is 368 g/mol. The summed E-state index contributed by atoms with van der Waals surface area (Å²) in [5, 5.41) is 10.7. The van der Waals surface area contributed by atoms with E-state index in [2.05, 4.69) is 19.7 Å². The quantitative estimate of drug-likeness (QED) is 0.763. The predicted molar refractivity (Wildman–Crippen MR) is 111 cm³/mol. The molecule has 0 saturated carbocycles. The highest BCUT2D eigenvalue weighted by Gasteiger charge is 2.36. The third-order valence-corrected chi connectivity index (χ3v) is 5.87. The molecule has 7 heteroatoms. The van der Waals surface area contributed by atoms with Crippen LogP contribution in [0.25, 0.3) is 0 Å². The molecule has 2 atom stereocenters. The van der Waals surface area contributed by atoms with Crippen LogP contribution in [-0.2, 0) is 11.3 Å². The number of hydrogen-bond acceptors (Lipinski definition) is 7. The number of esters is 1. The fraction of sp³-hybridized carbons (Fsp3) is 0.455. The summed E-state index contributed by atoms with van der Waals surface area (Å²) < 4.78 is 4.75. The molecule has 7 nitrogen and oxygen atoms in total. The number of hydrogen-bond donors (Lipinski definition) is 1. The summed E-state index contributed by atoms with van der Waals surface area (Å²) >= 11 is 0. The van der Waals surface area contributed by atoms with E-state index in [0.717, 1.165) is 50.6 Å². The molecule has 2 aromatic rings. The van der Waals surface area contributed by atoms with Crippen LogP contribution in [-0.4, -0.2) is 84.4 Å². The van der Waals surface area contributed by atoms with Crippen LogP contribution in [0.3, 0.4) is 0 Å². The van der Waals surface area contributed by atoms with Crippen molar-refractivity contribution >= 4 is 11.8 Å². The summed E-state index contributed by atoms with van der Waals surface area (Å²) in [6.45, 7) is 6.00. The third-order valence-electron chi connectivity index (χ3n) is 5.87. The molecule has 1 aromatic heterocycles. The zero-order chi connectivity index (χ0) is 20.2. The number of methoxy groups -OCH3 is 1. The van der Waals surface area contributed by atoms with Crippen molar-refractivity contribution in [1.82, 2.24) is 14.8 Å². The fourth-order valence-electron chi connectivity index (χ4n) is 4.28. The van der Waals surface area contributed by atoms with Crippen molar-refractivity contribution in [3.8, 4) is 0 Å². The first-order chi connectivity index (χ1) is 14.1. The van der Waals surface area contributed by atoms with Crippen molar-refractivity contribution in [3.63, 3.8) is 0 Å². The van der Waals surface area contributed by atoms with E-state index in [1.54, 1.807) is 12.1 Å². The minimum Gasteiger partial charge on any atom is -0.465 e.